The van der Waals surface area contributed by atoms with Gasteiger partial charge in [-0.2, -0.15) is 5.10 Å². The molecule has 0 aliphatic carbocycles. The molecule has 1 aromatic carbocycles. The lowest BCUT2D eigenvalue weighted by molar-refractivity contribution is 0.101. The molecule has 0 saturated carbocycles. The van der Waals surface area contributed by atoms with E-state index in [0.29, 0.717) is 18.1 Å². The Morgan fingerprint density at radius 1 is 1.42 bits per heavy atom. The number of amides is 1. The van der Waals surface area contributed by atoms with Gasteiger partial charge in [-0.3, -0.25) is 9.48 Å². The van der Waals surface area contributed by atoms with Gasteiger partial charge in [-0.15, -0.1) is 11.6 Å². The van der Waals surface area contributed by atoms with Crippen LogP contribution in [0.4, 0.5) is 5.69 Å². The number of alkyl halides is 1. The Hall–Kier alpha value is -1.81. The number of para-hydroxylation sites is 1. The van der Waals surface area contributed by atoms with Crippen molar-refractivity contribution in [2.75, 3.05) is 5.32 Å². The van der Waals surface area contributed by atoms with Crippen molar-refractivity contribution in [1.82, 2.24) is 9.78 Å². The molecule has 4 nitrogen and oxygen atoms in total. The lowest BCUT2D eigenvalue weighted by Crippen LogP contribution is -2.18. The predicted octanol–water partition coefficient (Wildman–Crippen LogP) is 3.20. The van der Waals surface area contributed by atoms with Crippen molar-refractivity contribution in [3.8, 4) is 0 Å². The summed E-state index contributed by atoms with van der Waals surface area (Å²) in [5.74, 6) is 0.197. The van der Waals surface area contributed by atoms with Crippen LogP contribution in [0.5, 0.6) is 0 Å². The average Bonchev–Trinajstić information content (AvgIpc) is 2.80. The second-order valence-corrected chi connectivity index (χ2v) is 4.50. The first-order valence-electron chi connectivity index (χ1n) is 6.15. The van der Waals surface area contributed by atoms with Crippen LogP contribution < -0.4 is 5.32 Å². The molecule has 0 atom stereocenters. The number of carbonyl (C=O) groups excluding carboxylic acids is 1. The molecule has 1 amide bonds. The Morgan fingerprint density at radius 2 is 2.16 bits per heavy atom. The van der Waals surface area contributed by atoms with Gasteiger partial charge in [0, 0.05) is 18.1 Å². The smallest absolute Gasteiger partial charge is 0.273 e. The number of benzene rings is 1. The number of aryl methyl sites for hydroxylation is 2. The zero-order chi connectivity index (χ0) is 13.8. The second kappa shape index (κ2) is 5.89. The van der Waals surface area contributed by atoms with E-state index in [-0.39, 0.29) is 5.91 Å². The van der Waals surface area contributed by atoms with Crippen LogP contribution in [0, 0.1) is 6.92 Å². The van der Waals surface area contributed by atoms with Crippen LogP contribution in [0.15, 0.2) is 30.3 Å². The molecule has 0 aliphatic rings. The van der Waals surface area contributed by atoms with E-state index in [4.69, 9.17) is 11.6 Å². The van der Waals surface area contributed by atoms with Gasteiger partial charge in [-0.25, -0.2) is 0 Å². The Morgan fingerprint density at radius 3 is 2.84 bits per heavy atom. The van der Waals surface area contributed by atoms with Crippen molar-refractivity contribution >= 4 is 23.2 Å². The summed E-state index contributed by atoms with van der Waals surface area (Å²) in [7, 11) is 0. The Bertz CT molecular complexity index is 592. The number of aromatic nitrogens is 2. The molecule has 0 aliphatic heterocycles. The summed E-state index contributed by atoms with van der Waals surface area (Å²) in [6, 6.07) is 9.28. The van der Waals surface area contributed by atoms with Crippen molar-refractivity contribution in [2.24, 2.45) is 0 Å². The van der Waals surface area contributed by atoms with E-state index in [9.17, 15) is 4.79 Å². The number of halogens is 1. The van der Waals surface area contributed by atoms with Crippen molar-refractivity contribution < 1.29 is 4.79 Å². The predicted molar refractivity (Wildman–Crippen MR) is 76.6 cm³/mol. The van der Waals surface area contributed by atoms with Gasteiger partial charge in [0.1, 0.15) is 5.69 Å². The number of nitrogens with one attached hydrogen (secondary N) is 1. The summed E-state index contributed by atoms with van der Waals surface area (Å²) in [5, 5.41) is 7.15. The van der Waals surface area contributed by atoms with Gasteiger partial charge >= 0.3 is 0 Å². The molecule has 0 fully saturated rings. The molecule has 19 heavy (non-hydrogen) atoms. The second-order valence-electron chi connectivity index (χ2n) is 4.23. The highest BCUT2D eigenvalue weighted by Gasteiger charge is 2.14. The van der Waals surface area contributed by atoms with Crippen LogP contribution in [-0.2, 0) is 12.4 Å². The Kier molecular flexibility index (Phi) is 4.22. The monoisotopic (exact) mass is 277 g/mol. The molecule has 2 aromatic rings. The van der Waals surface area contributed by atoms with Gasteiger partial charge < -0.3 is 5.32 Å². The van der Waals surface area contributed by atoms with Crippen molar-refractivity contribution in [3.63, 3.8) is 0 Å². The summed E-state index contributed by atoms with van der Waals surface area (Å²) >= 11 is 5.86. The van der Waals surface area contributed by atoms with Crippen LogP contribution >= 0.6 is 11.6 Å². The van der Waals surface area contributed by atoms with Crippen molar-refractivity contribution in [1.29, 1.82) is 0 Å². The minimum Gasteiger partial charge on any atom is -0.320 e. The molecule has 100 valence electrons. The third-order valence-corrected chi connectivity index (χ3v) is 3.13. The Balaban J connectivity index is 2.25. The molecule has 0 saturated heterocycles. The molecule has 5 heteroatoms. The van der Waals surface area contributed by atoms with E-state index in [2.05, 4.69) is 10.4 Å². The number of carbonyl (C=O) groups is 1. The maximum absolute atomic E-state index is 12.3. The first kappa shape index (κ1) is 13.6. The van der Waals surface area contributed by atoms with Gasteiger partial charge in [0.05, 0.1) is 5.69 Å². The van der Waals surface area contributed by atoms with Crippen LogP contribution in [0.1, 0.15) is 28.7 Å². The minimum atomic E-state index is -0.167. The van der Waals surface area contributed by atoms with E-state index < -0.39 is 0 Å². The highest BCUT2D eigenvalue weighted by molar-refractivity contribution is 6.17. The topological polar surface area (TPSA) is 46.9 Å². The molecular weight excluding hydrogens is 262 g/mol. The molecule has 2 rings (SSSR count). The van der Waals surface area contributed by atoms with E-state index in [1.54, 1.807) is 10.7 Å². The molecule has 1 N–H and O–H groups in total. The van der Waals surface area contributed by atoms with E-state index in [0.717, 1.165) is 16.9 Å². The molecule has 0 bridgehead atoms. The highest BCUT2D eigenvalue weighted by Crippen LogP contribution is 2.18. The Labute approximate surface area is 117 Å². The third-order valence-electron chi connectivity index (χ3n) is 2.84. The van der Waals surface area contributed by atoms with E-state index in [1.165, 1.54) is 0 Å². The van der Waals surface area contributed by atoms with Crippen LogP contribution in [-0.4, -0.2) is 15.7 Å². The van der Waals surface area contributed by atoms with Gasteiger partial charge in [0.2, 0.25) is 0 Å². The average molecular weight is 278 g/mol. The third kappa shape index (κ3) is 2.96. The number of hydrogen-bond acceptors (Lipinski definition) is 2. The van der Waals surface area contributed by atoms with E-state index >= 15 is 0 Å². The number of nitrogens with zero attached hydrogens (tertiary/aromatic N) is 2. The van der Waals surface area contributed by atoms with E-state index in [1.807, 2.05) is 38.1 Å². The van der Waals surface area contributed by atoms with Crippen LogP contribution in [0.2, 0.25) is 0 Å². The first-order chi connectivity index (χ1) is 9.15. The lowest BCUT2D eigenvalue weighted by atomic mass is 10.2. The maximum atomic E-state index is 12.3. The van der Waals surface area contributed by atoms with Crippen LogP contribution in [0.25, 0.3) is 0 Å². The fourth-order valence-corrected chi connectivity index (χ4v) is 2.15. The largest absolute Gasteiger partial charge is 0.320 e. The summed E-state index contributed by atoms with van der Waals surface area (Å²) in [5.41, 5.74) is 3.03. The van der Waals surface area contributed by atoms with Gasteiger partial charge in [0.25, 0.3) is 5.91 Å². The molecule has 1 aromatic heterocycles. The summed E-state index contributed by atoms with van der Waals surface area (Å²) < 4.78 is 1.69. The number of rotatable bonds is 4. The fourth-order valence-electron chi connectivity index (χ4n) is 1.91. The molecule has 0 spiro atoms. The molecular formula is C14H16ClN3O. The SMILES string of the molecule is CCn1nc(C)cc1C(=O)Nc1ccccc1CCl. The highest BCUT2D eigenvalue weighted by atomic mass is 35.5. The molecule has 1 heterocycles. The number of hydrogen-bond donors (Lipinski definition) is 1. The normalized spacial score (nSPS) is 10.5. The zero-order valence-corrected chi connectivity index (χ0v) is 11.7. The summed E-state index contributed by atoms with van der Waals surface area (Å²) in [4.78, 5) is 12.3. The summed E-state index contributed by atoms with van der Waals surface area (Å²) in [6.45, 7) is 4.49. The summed E-state index contributed by atoms with van der Waals surface area (Å²) in [6.07, 6.45) is 0. The maximum Gasteiger partial charge on any atom is 0.273 e. The zero-order valence-electron chi connectivity index (χ0n) is 11.0. The number of anilines is 1. The van der Waals surface area contributed by atoms with Crippen LogP contribution in [0.3, 0.4) is 0 Å². The minimum absolute atomic E-state index is 0.167. The van der Waals surface area contributed by atoms with Gasteiger partial charge in [-0.05, 0) is 31.5 Å². The van der Waals surface area contributed by atoms with Crippen molar-refractivity contribution in [2.45, 2.75) is 26.3 Å². The van der Waals surface area contributed by atoms with Gasteiger partial charge in [-0.1, -0.05) is 18.2 Å². The molecule has 0 radical (unpaired) electrons. The van der Waals surface area contributed by atoms with Gasteiger partial charge in [0.15, 0.2) is 0 Å². The quantitative estimate of drug-likeness (QED) is 0.873. The fraction of sp³-hybridized carbons (Fsp3) is 0.286. The van der Waals surface area contributed by atoms with Crippen molar-refractivity contribution in [3.05, 3.63) is 47.3 Å². The molecule has 0 unspecified atom stereocenters. The standard InChI is InChI=1S/C14H16ClN3O/c1-3-18-13(8-10(2)17-18)14(19)16-12-7-5-4-6-11(12)9-15/h4-8H,3,9H2,1-2H3,(H,16,19). The first-order valence-corrected chi connectivity index (χ1v) is 6.68. The lowest BCUT2D eigenvalue weighted by Gasteiger charge is -2.09.